The number of nitro benzene ring substituents is 1. The molecule has 2 heterocycles. The number of anilines is 1. The summed E-state index contributed by atoms with van der Waals surface area (Å²) >= 11 is 7.59. The molecule has 4 aromatic rings. The lowest BCUT2D eigenvalue weighted by molar-refractivity contribution is -0.384. The minimum atomic E-state index is -0.415. The summed E-state index contributed by atoms with van der Waals surface area (Å²) in [7, 11) is 0. The summed E-state index contributed by atoms with van der Waals surface area (Å²) in [6.07, 6.45) is 4.40. The van der Waals surface area contributed by atoms with Crippen LogP contribution in [0, 0.1) is 28.4 Å². The first-order chi connectivity index (χ1) is 19.0. The molecule has 1 N–H and O–H groups in total. The van der Waals surface area contributed by atoms with E-state index in [0.29, 0.717) is 38.7 Å². The fraction of sp³-hybridized carbons (Fsp3) is 0.290. The van der Waals surface area contributed by atoms with Crippen LogP contribution in [-0.2, 0) is 12.8 Å². The van der Waals surface area contributed by atoms with Gasteiger partial charge in [-0.05, 0) is 91.1 Å². The maximum atomic E-state index is 13.6. The van der Waals surface area contributed by atoms with Crippen molar-refractivity contribution in [1.29, 1.82) is 0 Å². The number of amides is 1. The van der Waals surface area contributed by atoms with E-state index in [1.54, 1.807) is 53.9 Å². The van der Waals surface area contributed by atoms with Crippen molar-refractivity contribution < 1.29 is 14.1 Å². The van der Waals surface area contributed by atoms with Crippen molar-refractivity contribution in [3.63, 3.8) is 0 Å². The van der Waals surface area contributed by atoms with E-state index in [-0.39, 0.29) is 17.0 Å². The van der Waals surface area contributed by atoms with Crippen LogP contribution < -0.4 is 5.32 Å². The van der Waals surface area contributed by atoms with Gasteiger partial charge in [0.15, 0.2) is 0 Å². The predicted octanol–water partition coefficient (Wildman–Crippen LogP) is 9.03. The first kappa shape index (κ1) is 27.8. The number of rotatable bonds is 6. The van der Waals surface area contributed by atoms with Crippen LogP contribution in [0.1, 0.15) is 59.3 Å². The second-order valence-corrected chi connectivity index (χ2v) is 12.7. The molecular weight excluding hydrogens is 546 g/mol. The van der Waals surface area contributed by atoms with Gasteiger partial charge in [0.2, 0.25) is 0 Å². The Morgan fingerprint density at radius 1 is 1.18 bits per heavy atom. The van der Waals surface area contributed by atoms with E-state index in [1.807, 2.05) is 13.0 Å². The SMILES string of the molecule is Cc1cc([N+](=O)[O-])ccc1-c1ccc(C=Nc2sc3c(c2C(=O)Nc2ccc(Cl)cc2)CC[C@@H](C(C)(C)C)C3)o1. The molecule has 5 rings (SSSR count). The minimum Gasteiger partial charge on any atom is -0.455 e. The molecule has 0 unspecified atom stereocenters. The highest BCUT2D eigenvalue weighted by molar-refractivity contribution is 7.16. The fourth-order valence-electron chi connectivity index (χ4n) is 5.09. The topological polar surface area (TPSA) is 97.7 Å². The Labute approximate surface area is 242 Å². The van der Waals surface area contributed by atoms with Crippen LogP contribution in [0.25, 0.3) is 11.3 Å². The molecule has 1 amide bonds. The van der Waals surface area contributed by atoms with Crippen molar-refractivity contribution in [2.24, 2.45) is 16.3 Å². The van der Waals surface area contributed by atoms with Crippen LogP contribution in [0.3, 0.4) is 0 Å². The Morgan fingerprint density at radius 3 is 2.60 bits per heavy atom. The molecule has 1 aliphatic rings. The van der Waals surface area contributed by atoms with Crippen molar-refractivity contribution in [2.45, 2.75) is 47.0 Å². The minimum absolute atomic E-state index is 0.0364. The van der Waals surface area contributed by atoms with Gasteiger partial charge in [0.25, 0.3) is 11.6 Å². The average molecular weight is 576 g/mol. The highest BCUT2D eigenvalue weighted by Crippen LogP contribution is 2.45. The summed E-state index contributed by atoms with van der Waals surface area (Å²) in [5.74, 6) is 1.45. The number of hydrogen-bond acceptors (Lipinski definition) is 6. The Balaban J connectivity index is 1.46. The summed E-state index contributed by atoms with van der Waals surface area (Å²) in [5, 5.41) is 15.3. The molecule has 0 saturated heterocycles. The Hall–Kier alpha value is -3.75. The summed E-state index contributed by atoms with van der Waals surface area (Å²) in [6, 6.07) is 15.3. The van der Waals surface area contributed by atoms with Crippen molar-refractivity contribution in [3.8, 4) is 11.3 Å². The lowest BCUT2D eigenvalue weighted by Gasteiger charge is -2.33. The largest absolute Gasteiger partial charge is 0.455 e. The molecule has 7 nitrogen and oxygen atoms in total. The van der Waals surface area contributed by atoms with Crippen molar-refractivity contribution >= 4 is 51.4 Å². The number of carbonyl (C=O) groups excluding carboxylic acids is 1. The van der Waals surface area contributed by atoms with Gasteiger partial charge in [-0.2, -0.15) is 0 Å². The molecule has 0 fully saturated rings. The van der Waals surface area contributed by atoms with Crippen molar-refractivity contribution in [1.82, 2.24) is 0 Å². The number of furan rings is 1. The summed E-state index contributed by atoms with van der Waals surface area (Å²) in [6.45, 7) is 8.62. The van der Waals surface area contributed by atoms with Crippen LogP contribution >= 0.6 is 22.9 Å². The number of nitro groups is 1. The number of non-ortho nitro benzene ring substituents is 1. The zero-order chi connectivity index (χ0) is 28.6. The zero-order valence-corrected chi connectivity index (χ0v) is 24.4. The van der Waals surface area contributed by atoms with Gasteiger partial charge in [0.05, 0.1) is 16.7 Å². The Bertz CT molecular complexity index is 1610. The number of fused-ring (bicyclic) bond motifs is 1. The van der Waals surface area contributed by atoms with E-state index < -0.39 is 4.92 Å². The number of carbonyl (C=O) groups is 1. The summed E-state index contributed by atoms with van der Waals surface area (Å²) in [5.41, 5.74) is 4.08. The molecule has 2 aromatic carbocycles. The van der Waals surface area contributed by atoms with E-state index in [1.165, 1.54) is 17.0 Å². The normalized spacial score (nSPS) is 15.3. The maximum absolute atomic E-state index is 13.6. The first-order valence-corrected chi connectivity index (χ1v) is 14.3. The van der Waals surface area contributed by atoms with Gasteiger partial charge in [-0.15, -0.1) is 11.3 Å². The molecule has 0 spiro atoms. The van der Waals surface area contributed by atoms with Crippen LogP contribution in [0.4, 0.5) is 16.4 Å². The number of nitrogens with one attached hydrogen (secondary N) is 1. The zero-order valence-electron chi connectivity index (χ0n) is 22.8. The third-order valence-electron chi connectivity index (χ3n) is 7.42. The molecule has 1 atom stereocenters. The third-order valence-corrected chi connectivity index (χ3v) is 8.84. The summed E-state index contributed by atoms with van der Waals surface area (Å²) < 4.78 is 6.02. The molecule has 1 aliphatic carbocycles. The smallest absolute Gasteiger partial charge is 0.269 e. The molecule has 40 heavy (non-hydrogen) atoms. The number of halogens is 1. The van der Waals surface area contributed by atoms with Gasteiger partial charge in [0, 0.05) is 33.3 Å². The van der Waals surface area contributed by atoms with Crippen LogP contribution in [0.15, 0.2) is 64.0 Å². The lowest BCUT2D eigenvalue weighted by atomic mass is 9.72. The lowest BCUT2D eigenvalue weighted by Crippen LogP contribution is -2.27. The molecule has 0 aliphatic heterocycles. The second kappa shape index (κ2) is 11.0. The molecule has 9 heteroatoms. The highest BCUT2D eigenvalue weighted by Gasteiger charge is 2.33. The highest BCUT2D eigenvalue weighted by atomic mass is 35.5. The Kier molecular flexibility index (Phi) is 7.66. The summed E-state index contributed by atoms with van der Waals surface area (Å²) in [4.78, 5) is 30.2. The average Bonchev–Trinajstić information content (AvgIpc) is 3.52. The van der Waals surface area contributed by atoms with Crippen LogP contribution in [-0.4, -0.2) is 17.0 Å². The molecular formula is C31H30ClN3O4S. The van der Waals surface area contributed by atoms with Gasteiger partial charge < -0.3 is 9.73 Å². The number of aliphatic imine (C=N–C) groups is 1. The monoisotopic (exact) mass is 575 g/mol. The quantitative estimate of drug-likeness (QED) is 0.141. The fourth-order valence-corrected chi connectivity index (χ4v) is 6.48. The van der Waals surface area contributed by atoms with Gasteiger partial charge in [-0.3, -0.25) is 14.9 Å². The number of thiophene rings is 1. The molecule has 0 saturated carbocycles. The number of benzene rings is 2. The van der Waals surface area contributed by atoms with E-state index in [9.17, 15) is 14.9 Å². The van der Waals surface area contributed by atoms with Gasteiger partial charge >= 0.3 is 0 Å². The predicted molar refractivity (Wildman–Crippen MR) is 161 cm³/mol. The number of aryl methyl sites for hydroxylation is 1. The first-order valence-electron chi connectivity index (χ1n) is 13.1. The number of hydrogen-bond donors (Lipinski definition) is 1. The van der Waals surface area contributed by atoms with Crippen molar-refractivity contribution in [2.75, 3.05) is 5.32 Å². The van der Waals surface area contributed by atoms with Crippen LogP contribution in [0.2, 0.25) is 5.02 Å². The van der Waals surface area contributed by atoms with Gasteiger partial charge in [0.1, 0.15) is 16.5 Å². The third kappa shape index (κ3) is 5.88. The Morgan fingerprint density at radius 2 is 1.93 bits per heavy atom. The van der Waals surface area contributed by atoms with Gasteiger partial charge in [-0.25, -0.2) is 4.99 Å². The molecule has 2 aromatic heterocycles. The molecule has 0 bridgehead atoms. The van der Waals surface area contributed by atoms with Crippen molar-refractivity contribution in [3.05, 3.63) is 97.1 Å². The molecule has 0 radical (unpaired) electrons. The maximum Gasteiger partial charge on any atom is 0.269 e. The second-order valence-electron chi connectivity index (χ2n) is 11.2. The number of nitrogens with zero attached hydrogens (tertiary/aromatic N) is 2. The van der Waals surface area contributed by atoms with Gasteiger partial charge in [-0.1, -0.05) is 32.4 Å². The van der Waals surface area contributed by atoms with E-state index >= 15 is 0 Å². The van der Waals surface area contributed by atoms with Crippen LogP contribution in [0.5, 0.6) is 0 Å². The van der Waals surface area contributed by atoms with E-state index in [2.05, 4.69) is 26.1 Å². The standard InChI is InChI=1S/C31H30ClN3O4S/c1-18-15-22(35(37)38)10-13-24(18)26-14-11-23(39-26)17-33-30-28(29(36)34-21-8-6-20(32)7-9-21)25-12-5-19(31(2,3)4)16-27(25)40-30/h6-11,13-15,17,19H,5,12,16H2,1-4H3,(H,34,36)/t19-/m1/s1. The van der Waals surface area contributed by atoms with E-state index in [4.69, 9.17) is 21.0 Å². The van der Waals surface area contributed by atoms with E-state index in [0.717, 1.165) is 36.0 Å². The molecule has 206 valence electrons.